The van der Waals surface area contributed by atoms with Crippen LogP contribution in [0.2, 0.25) is 0 Å². The molecule has 0 amide bonds. The minimum Gasteiger partial charge on any atom is -0.202 e. The summed E-state index contributed by atoms with van der Waals surface area (Å²) in [5.74, 6) is -2.77. The van der Waals surface area contributed by atoms with Gasteiger partial charge in [0.15, 0.2) is 0 Å². The van der Waals surface area contributed by atoms with Crippen molar-refractivity contribution in [2.45, 2.75) is 19.8 Å². The van der Waals surface area contributed by atoms with E-state index in [0.717, 1.165) is 24.1 Å². The largest absolute Gasteiger partial charge is 0.264 e. The van der Waals surface area contributed by atoms with Gasteiger partial charge < -0.3 is 0 Å². The Balaban J connectivity index is 2.25. The van der Waals surface area contributed by atoms with Gasteiger partial charge in [0.2, 0.25) is 0 Å². The predicted octanol–water partition coefficient (Wildman–Crippen LogP) is 5.33. The standard InChI is InChI=1S/C17H16F2/c1-13-5-3-4-6-16(13)15-9-7-14(8-10-15)11-12-17(2,18)19/h3-12H,1-2H3. The van der Waals surface area contributed by atoms with E-state index < -0.39 is 5.92 Å². The summed E-state index contributed by atoms with van der Waals surface area (Å²) in [6.45, 7) is 2.94. The van der Waals surface area contributed by atoms with Crippen molar-refractivity contribution in [1.82, 2.24) is 0 Å². The van der Waals surface area contributed by atoms with E-state index in [9.17, 15) is 8.78 Å². The lowest BCUT2D eigenvalue weighted by molar-refractivity contribution is 0.0784. The van der Waals surface area contributed by atoms with E-state index in [4.69, 9.17) is 0 Å². The number of benzene rings is 2. The van der Waals surface area contributed by atoms with Crippen LogP contribution in [-0.2, 0) is 0 Å². The molecule has 0 spiro atoms. The van der Waals surface area contributed by atoms with E-state index in [1.54, 1.807) is 0 Å². The third-order valence-corrected chi connectivity index (χ3v) is 2.94. The maximum atomic E-state index is 12.7. The van der Waals surface area contributed by atoms with Crippen LogP contribution in [0.5, 0.6) is 0 Å². The first kappa shape index (κ1) is 13.5. The first-order chi connectivity index (χ1) is 8.96. The molecule has 0 saturated heterocycles. The molecule has 0 atom stereocenters. The van der Waals surface area contributed by atoms with Gasteiger partial charge in [-0.1, -0.05) is 54.6 Å². The summed E-state index contributed by atoms with van der Waals surface area (Å²) in [7, 11) is 0. The Hall–Kier alpha value is -1.96. The van der Waals surface area contributed by atoms with Crippen LogP contribution in [0.3, 0.4) is 0 Å². The van der Waals surface area contributed by atoms with Gasteiger partial charge in [0.25, 0.3) is 5.92 Å². The average Bonchev–Trinajstić information content (AvgIpc) is 2.37. The van der Waals surface area contributed by atoms with Crippen LogP contribution in [0.15, 0.2) is 54.6 Å². The van der Waals surface area contributed by atoms with E-state index in [1.807, 2.05) is 36.4 Å². The van der Waals surface area contributed by atoms with Gasteiger partial charge >= 0.3 is 0 Å². The lowest BCUT2D eigenvalue weighted by Gasteiger charge is -2.06. The number of hydrogen-bond acceptors (Lipinski definition) is 0. The monoisotopic (exact) mass is 258 g/mol. The highest BCUT2D eigenvalue weighted by atomic mass is 19.3. The lowest BCUT2D eigenvalue weighted by Crippen LogP contribution is -2.02. The van der Waals surface area contributed by atoms with Crippen molar-refractivity contribution in [3.63, 3.8) is 0 Å². The van der Waals surface area contributed by atoms with Crippen molar-refractivity contribution in [3.8, 4) is 11.1 Å². The summed E-state index contributed by atoms with van der Waals surface area (Å²) in [4.78, 5) is 0. The Morgan fingerprint density at radius 2 is 1.58 bits per heavy atom. The Labute approximate surface area is 112 Å². The molecule has 0 unspecified atom stereocenters. The van der Waals surface area contributed by atoms with Gasteiger partial charge in [-0.15, -0.1) is 0 Å². The molecule has 0 saturated carbocycles. The van der Waals surface area contributed by atoms with Crippen molar-refractivity contribution < 1.29 is 8.78 Å². The van der Waals surface area contributed by atoms with Crippen LogP contribution in [0, 0.1) is 6.92 Å². The van der Waals surface area contributed by atoms with Gasteiger partial charge in [-0.2, -0.15) is 0 Å². The lowest BCUT2D eigenvalue weighted by atomic mass is 9.99. The zero-order valence-corrected chi connectivity index (χ0v) is 11.0. The van der Waals surface area contributed by atoms with E-state index >= 15 is 0 Å². The Morgan fingerprint density at radius 1 is 0.947 bits per heavy atom. The molecule has 2 heteroatoms. The Morgan fingerprint density at radius 3 is 2.16 bits per heavy atom. The molecule has 0 radical (unpaired) electrons. The number of alkyl halides is 2. The van der Waals surface area contributed by atoms with Crippen LogP contribution < -0.4 is 0 Å². The second kappa shape index (κ2) is 5.35. The first-order valence-corrected chi connectivity index (χ1v) is 6.19. The molecule has 0 aliphatic rings. The van der Waals surface area contributed by atoms with Gasteiger partial charge in [-0.05, 0) is 35.3 Å². The predicted molar refractivity (Wildman–Crippen MR) is 76.3 cm³/mol. The third-order valence-electron chi connectivity index (χ3n) is 2.94. The number of rotatable bonds is 3. The maximum absolute atomic E-state index is 12.7. The second-order valence-electron chi connectivity index (χ2n) is 4.73. The first-order valence-electron chi connectivity index (χ1n) is 6.19. The van der Waals surface area contributed by atoms with Crippen molar-refractivity contribution in [2.24, 2.45) is 0 Å². The van der Waals surface area contributed by atoms with Crippen LogP contribution >= 0.6 is 0 Å². The topological polar surface area (TPSA) is 0 Å². The number of aryl methyl sites for hydroxylation is 1. The molecule has 0 nitrogen and oxygen atoms in total. The highest BCUT2D eigenvalue weighted by Crippen LogP contribution is 2.24. The molecular weight excluding hydrogens is 242 g/mol. The zero-order chi connectivity index (χ0) is 13.9. The Kier molecular flexibility index (Phi) is 3.79. The smallest absolute Gasteiger partial charge is 0.202 e. The summed E-state index contributed by atoms with van der Waals surface area (Å²) < 4.78 is 25.4. The zero-order valence-electron chi connectivity index (χ0n) is 11.0. The number of hydrogen-bond donors (Lipinski definition) is 0. The summed E-state index contributed by atoms with van der Waals surface area (Å²) in [5, 5.41) is 0. The SMILES string of the molecule is Cc1ccccc1-c1ccc(C=CC(C)(F)F)cc1. The van der Waals surface area contributed by atoms with E-state index in [1.165, 1.54) is 17.2 Å². The molecular formula is C17H16F2. The number of halogens is 2. The molecule has 2 aromatic carbocycles. The summed E-state index contributed by atoms with van der Waals surface area (Å²) in [6, 6.07) is 15.7. The molecule has 0 aromatic heterocycles. The fourth-order valence-corrected chi connectivity index (χ4v) is 1.91. The highest BCUT2D eigenvalue weighted by Gasteiger charge is 2.14. The van der Waals surface area contributed by atoms with Crippen molar-refractivity contribution in [1.29, 1.82) is 0 Å². The molecule has 0 aliphatic carbocycles. The third kappa shape index (κ3) is 3.75. The normalized spacial score (nSPS) is 12.0. The van der Waals surface area contributed by atoms with Gasteiger partial charge in [-0.25, -0.2) is 8.78 Å². The number of allylic oxidation sites excluding steroid dienone is 1. The summed E-state index contributed by atoms with van der Waals surface area (Å²) >= 11 is 0. The minimum atomic E-state index is -2.77. The molecule has 2 aromatic rings. The average molecular weight is 258 g/mol. The fourth-order valence-electron chi connectivity index (χ4n) is 1.91. The fraction of sp³-hybridized carbons (Fsp3) is 0.176. The molecule has 0 fully saturated rings. The van der Waals surface area contributed by atoms with Gasteiger partial charge in [0.05, 0.1) is 0 Å². The van der Waals surface area contributed by atoms with Crippen LogP contribution in [0.25, 0.3) is 17.2 Å². The highest BCUT2D eigenvalue weighted by molar-refractivity contribution is 5.68. The van der Waals surface area contributed by atoms with Gasteiger partial charge in [0.1, 0.15) is 0 Å². The van der Waals surface area contributed by atoms with Crippen molar-refractivity contribution >= 4 is 6.08 Å². The summed E-state index contributed by atoms with van der Waals surface area (Å²) in [6.07, 6.45) is 2.36. The molecule has 0 aliphatic heterocycles. The van der Waals surface area contributed by atoms with Crippen LogP contribution in [0.4, 0.5) is 8.78 Å². The van der Waals surface area contributed by atoms with Gasteiger partial charge in [0, 0.05) is 6.92 Å². The minimum absolute atomic E-state index is 0.777. The van der Waals surface area contributed by atoms with E-state index in [0.29, 0.717) is 0 Å². The van der Waals surface area contributed by atoms with Crippen molar-refractivity contribution in [2.75, 3.05) is 0 Å². The molecule has 2 rings (SSSR count). The van der Waals surface area contributed by atoms with E-state index in [-0.39, 0.29) is 0 Å². The second-order valence-corrected chi connectivity index (χ2v) is 4.73. The quantitative estimate of drug-likeness (QED) is 0.698. The van der Waals surface area contributed by atoms with E-state index in [2.05, 4.69) is 19.1 Å². The molecule has 0 N–H and O–H groups in total. The summed E-state index contributed by atoms with van der Waals surface area (Å²) in [5.41, 5.74) is 4.24. The van der Waals surface area contributed by atoms with Gasteiger partial charge in [-0.3, -0.25) is 0 Å². The molecule has 0 bridgehead atoms. The molecule has 98 valence electrons. The maximum Gasteiger partial charge on any atom is 0.264 e. The van der Waals surface area contributed by atoms with Crippen LogP contribution in [-0.4, -0.2) is 5.92 Å². The van der Waals surface area contributed by atoms with Crippen LogP contribution in [0.1, 0.15) is 18.1 Å². The van der Waals surface area contributed by atoms with Crippen molar-refractivity contribution in [3.05, 3.63) is 65.7 Å². The molecule has 19 heavy (non-hydrogen) atoms. The molecule has 0 heterocycles. The Bertz CT molecular complexity index is 575.